The van der Waals surface area contributed by atoms with Crippen LogP contribution in [0, 0.1) is 0 Å². The van der Waals surface area contributed by atoms with E-state index in [1.54, 1.807) is 30.3 Å². The highest BCUT2D eigenvalue weighted by atomic mass is 32.2. The first-order valence-electron chi connectivity index (χ1n) is 7.32. The molecule has 0 aromatic heterocycles. The number of hydrogen-bond acceptors (Lipinski definition) is 3. The van der Waals surface area contributed by atoms with Crippen molar-refractivity contribution in [3.63, 3.8) is 0 Å². The van der Waals surface area contributed by atoms with Gasteiger partial charge in [0.15, 0.2) is 9.79 Å². The van der Waals surface area contributed by atoms with Gasteiger partial charge in [0.25, 0.3) is 0 Å². The number of rotatable bonds is 4. The van der Waals surface area contributed by atoms with E-state index < -0.39 is 15.9 Å². The fourth-order valence-corrected chi connectivity index (χ4v) is 3.47. The highest BCUT2D eigenvalue weighted by Gasteiger charge is 2.03. The summed E-state index contributed by atoms with van der Waals surface area (Å²) in [6, 6.07) is 29.3. The quantitative estimate of drug-likeness (QED) is 0.406. The second kappa shape index (κ2) is 9.27. The number of thiol groups is 1. The van der Waals surface area contributed by atoms with Gasteiger partial charge in [-0.3, -0.25) is 0 Å². The van der Waals surface area contributed by atoms with Gasteiger partial charge in [-0.25, -0.2) is 8.42 Å². The highest BCUT2D eigenvalue weighted by molar-refractivity contribution is 7.84. The molecule has 0 fully saturated rings. The predicted molar refractivity (Wildman–Crippen MR) is 98.0 cm³/mol. The van der Waals surface area contributed by atoms with E-state index in [4.69, 9.17) is 0 Å². The topological polar surface area (TPSA) is 57.2 Å². The minimum atomic E-state index is -4.13. The molecule has 3 rings (SSSR count). The molecule has 0 saturated carbocycles. The van der Waals surface area contributed by atoms with Gasteiger partial charge in [-0.2, -0.15) is 0 Å². The third kappa shape index (κ3) is 7.46. The van der Waals surface area contributed by atoms with Crippen LogP contribution in [0.15, 0.2) is 101 Å². The first kappa shape index (κ1) is 18.3. The minimum absolute atomic E-state index is 0.423. The molecule has 0 aliphatic rings. The normalized spacial score (nSPS) is 10.5. The summed E-state index contributed by atoms with van der Waals surface area (Å²) in [6.07, 6.45) is 0. The molecule has 0 bridgehead atoms. The standard InChI is InChI=1S/C12H10S.C7H8O3S/c1-3-7-11(8-4-1)13-12-9-5-2-6-10-12;8-11(9,10)6-7-4-2-1-3-5-7/h1-10H;1-5H,6H2,(H,8,9,10). The van der Waals surface area contributed by atoms with E-state index in [1.807, 2.05) is 12.1 Å². The summed E-state index contributed by atoms with van der Waals surface area (Å²) in [4.78, 5) is 2.68. The van der Waals surface area contributed by atoms with Crippen LogP contribution in [0.5, 0.6) is 0 Å². The summed E-state index contributed by atoms with van der Waals surface area (Å²) in [6.45, 7) is 0. The molecule has 3 aromatic carbocycles. The van der Waals surface area contributed by atoms with Gasteiger partial charge < -0.3 is 4.55 Å². The fourth-order valence-electron chi connectivity index (χ4n) is 1.93. The molecule has 0 aliphatic heterocycles. The van der Waals surface area contributed by atoms with Crippen LogP contribution in [-0.2, 0) is 27.6 Å². The Morgan fingerprint density at radius 3 is 1.42 bits per heavy atom. The molecule has 0 unspecified atom stereocenters. The molecule has 3 aromatic rings. The van der Waals surface area contributed by atoms with E-state index in [0.717, 1.165) is 0 Å². The molecule has 0 aliphatic carbocycles. The molecule has 24 heavy (non-hydrogen) atoms. The molecule has 0 amide bonds. The van der Waals surface area contributed by atoms with Crippen molar-refractivity contribution >= 4 is 21.9 Å². The Labute approximate surface area is 147 Å². The highest BCUT2D eigenvalue weighted by Crippen LogP contribution is 2.10. The lowest BCUT2D eigenvalue weighted by molar-refractivity contribution is 0.462. The molecule has 124 valence electrons. The second-order valence-electron chi connectivity index (χ2n) is 4.97. The van der Waals surface area contributed by atoms with Crippen LogP contribution in [0.1, 0.15) is 5.56 Å². The fraction of sp³-hybridized carbons (Fsp3) is 0.0526. The first-order chi connectivity index (χ1) is 11.5. The Morgan fingerprint density at radius 2 is 1.04 bits per heavy atom. The van der Waals surface area contributed by atoms with Crippen LogP contribution in [-0.4, -0.2) is 13.0 Å². The lowest BCUT2D eigenvalue weighted by Crippen LogP contribution is -2.01. The van der Waals surface area contributed by atoms with E-state index in [0.29, 0.717) is 5.56 Å². The van der Waals surface area contributed by atoms with E-state index >= 15 is 0 Å². The Morgan fingerprint density at radius 1 is 0.667 bits per heavy atom. The Hall–Kier alpha value is -2.08. The molecule has 0 atom stereocenters. The maximum atomic E-state index is 10.2. The van der Waals surface area contributed by atoms with Gasteiger partial charge in [0.1, 0.15) is 0 Å². The van der Waals surface area contributed by atoms with Gasteiger partial charge in [0.05, 0.1) is 15.9 Å². The van der Waals surface area contributed by atoms with Crippen LogP contribution in [0.2, 0.25) is 0 Å². The summed E-state index contributed by atoms with van der Waals surface area (Å²) >= 11 is 1.28. The van der Waals surface area contributed by atoms with E-state index in [-0.39, 0.29) is 0 Å². The second-order valence-corrected chi connectivity index (χ2v) is 7.63. The third-order valence-corrected chi connectivity index (χ3v) is 4.76. The number of hydrogen-bond donors (Lipinski definition) is 0. The van der Waals surface area contributed by atoms with Gasteiger partial charge >= 0.3 is 0 Å². The Balaban J connectivity index is 0.000000177. The first-order valence-corrected chi connectivity index (χ1v) is 9.79. The zero-order valence-corrected chi connectivity index (χ0v) is 14.7. The van der Waals surface area contributed by atoms with Crippen molar-refractivity contribution in [3.8, 4) is 0 Å². The molecule has 0 heterocycles. The van der Waals surface area contributed by atoms with Gasteiger partial charge in [0.2, 0.25) is 0 Å². The maximum Gasteiger partial charge on any atom is 0.158 e. The molecule has 0 N–H and O–H groups in total. The average Bonchev–Trinajstić information content (AvgIpc) is 2.57. The van der Waals surface area contributed by atoms with Crippen LogP contribution in [0.4, 0.5) is 0 Å². The molecule has 0 spiro atoms. The summed E-state index contributed by atoms with van der Waals surface area (Å²) in [5.41, 5.74) is 0.530. The van der Waals surface area contributed by atoms with Crippen molar-refractivity contribution in [2.45, 2.75) is 15.5 Å². The van der Waals surface area contributed by atoms with Gasteiger partial charge in [-0.05, 0) is 29.8 Å². The maximum absolute atomic E-state index is 10.2. The van der Waals surface area contributed by atoms with Crippen molar-refractivity contribution in [2.75, 3.05) is 0 Å². The molecular weight excluding hydrogens is 340 g/mol. The lowest BCUT2D eigenvalue weighted by atomic mass is 10.2. The summed E-state index contributed by atoms with van der Waals surface area (Å²) in [5.74, 6) is -0.423. The van der Waals surface area contributed by atoms with Gasteiger partial charge in [0, 0.05) is 11.8 Å². The Bertz CT molecular complexity index is 781. The predicted octanol–water partition coefficient (Wildman–Crippen LogP) is 3.65. The van der Waals surface area contributed by atoms with Crippen molar-refractivity contribution in [1.29, 1.82) is 0 Å². The molecule has 3 nitrogen and oxygen atoms in total. The molecule has 0 radical (unpaired) electrons. The molecule has 0 saturated heterocycles. The van der Waals surface area contributed by atoms with Crippen LogP contribution < -0.4 is 0 Å². The van der Waals surface area contributed by atoms with Gasteiger partial charge in [-0.15, -0.1) is 0 Å². The molecular formula is C19H18O3S2. The average molecular weight is 358 g/mol. The molecule has 5 heteroatoms. The smallest absolute Gasteiger partial charge is 0.158 e. The largest absolute Gasteiger partial charge is 0.748 e. The third-order valence-electron chi connectivity index (χ3n) is 2.96. The minimum Gasteiger partial charge on any atom is -0.748 e. The van der Waals surface area contributed by atoms with Crippen molar-refractivity contribution in [2.24, 2.45) is 0 Å². The number of benzene rings is 3. The Kier molecular flexibility index (Phi) is 7.06. The van der Waals surface area contributed by atoms with E-state index in [2.05, 4.69) is 48.5 Å². The summed E-state index contributed by atoms with van der Waals surface area (Å²) in [5, 5.41) is 0. The van der Waals surface area contributed by atoms with Crippen molar-refractivity contribution in [1.82, 2.24) is 0 Å². The van der Waals surface area contributed by atoms with E-state index in [1.165, 1.54) is 21.6 Å². The zero-order chi connectivity index (χ0) is 17.3. The lowest BCUT2D eigenvalue weighted by Gasteiger charge is -2.05. The van der Waals surface area contributed by atoms with E-state index in [9.17, 15) is 13.0 Å². The van der Waals surface area contributed by atoms with Crippen molar-refractivity contribution in [3.05, 3.63) is 96.6 Å². The summed E-state index contributed by atoms with van der Waals surface area (Å²) in [7, 11) is -4.13. The zero-order valence-electron chi connectivity index (χ0n) is 12.9. The van der Waals surface area contributed by atoms with Crippen LogP contribution in [0.25, 0.3) is 0 Å². The van der Waals surface area contributed by atoms with Gasteiger partial charge in [-0.1, -0.05) is 66.7 Å². The SMILES string of the molecule is O=S(=O)([O-])Cc1ccccc1.c1ccc([SH+]c2ccccc2)cc1. The summed E-state index contributed by atoms with van der Waals surface area (Å²) < 4.78 is 30.7. The monoisotopic (exact) mass is 358 g/mol. The van der Waals surface area contributed by atoms with Crippen LogP contribution >= 0.6 is 0 Å². The van der Waals surface area contributed by atoms with Crippen molar-refractivity contribution < 1.29 is 13.0 Å². The van der Waals surface area contributed by atoms with Crippen LogP contribution in [0.3, 0.4) is 0 Å².